The highest BCUT2D eigenvalue weighted by molar-refractivity contribution is 5.48. The van der Waals surface area contributed by atoms with Crippen LogP contribution in [0.1, 0.15) is 56.6 Å². The second kappa shape index (κ2) is 5.32. The van der Waals surface area contributed by atoms with E-state index < -0.39 is 0 Å². The highest BCUT2D eigenvalue weighted by atomic mass is 16.3. The maximum absolute atomic E-state index is 10.1. The molecular weight excluding hydrogens is 328 g/mol. The Morgan fingerprint density at radius 3 is 1.88 bits per heavy atom. The second-order valence-electron chi connectivity index (χ2n) is 8.78. The van der Waals surface area contributed by atoms with E-state index in [1.807, 2.05) is 12.1 Å². The van der Waals surface area contributed by atoms with Gasteiger partial charge < -0.3 is 20.4 Å². The maximum atomic E-state index is 10.1. The molecule has 4 heteroatoms. The van der Waals surface area contributed by atoms with Gasteiger partial charge in [-0.1, -0.05) is 32.9 Å². The van der Waals surface area contributed by atoms with Crippen LogP contribution in [0.3, 0.4) is 0 Å². The third-order valence-electron chi connectivity index (χ3n) is 7.60. The molecule has 0 heterocycles. The van der Waals surface area contributed by atoms with Crippen molar-refractivity contribution in [2.24, 2.45) is 16.7 Å². The number of fused-ring (bicyclic) bond motifs is 2. The summed E-state index contributed by atoms with van der Waals surface area (Å²) in [5, 5.41) is 39.5. The Labute approximate surface area is 153 Å². The van der Waals surface area contributed by atoms with Crippen molar-refractivity contribution in [1.29, 1.82) is 0 Å². The first-order valence-electron chi connectivity index (χ1n) is 9.20. The van der Waals surface area contributed by atoms with Crippen LogP contribution in [0.5, 0.6) is 23.0 Å². The Morgan fingerprint density at radius 1 is 0.769 bits per heavy atom. The minimum absolute atomic E-state index is 0.0409. The summed E-state index contributed by atoms with van der Waals surface area (Å²) in [5.41, 5.74) is 2.16. The van der Waals surface area contributed by atoms with Gasteiger partial charge in [-0.2, -0.15) is 0 Å². The Morgan fingerprint density at radius 2 is 1.31 bits per heavy atom. The van der Waals surface area contributed by atoms with E-state index in [9.17, 15) is 20.4 Å². The van der Waals surface area contributed by atoms with E-state index >= 15 is 0 Å². The van der Waals surface area contributed by atoms with Crippen molar-refractivity contribution in [3.8, 4) is 23.0 Å². The summed E-state index contributed by atoms with van der Waals surface area (Å²) in [7, 11) is 0. The van der Waals surface area contributed by atoms with Crippen LogP contribution in [0.4, 0.5) is 0 Å². The van der Waals surface area contributed by atoms with Crippen molar-refractivity contribution in [2.45, 2.75) is 45.4 Å². The van der Waals surface area contributed by atoms with Crippen molar-refractivity contribution < 1.29 is 20.4 Å². The van der Waals surface area contributed by atoms with Crippen LogP contribution in [-0.2, 0) is 0 Å². The van der Waals surface area contributed by atoms with Crippen LogP contribution < -0.4 is 0 Å². The molecule has 138 valence electrons. The molecule has 4 rings (SSSR count). The summed E-state index contributed by atoms with van der Waals surface area (Å²) in [4.78, 5) is 0. The molecule has 2 fully saturated rings. The molecule has 2 aromatic rings. The lowest BCUT2D eigenvalue weighted by atomic mass is 9.63. The third kappa shape index (κ3) is 2.08. The van der Waals surface area contributed by atoms with Crippen LogP contribution in [0, 0.1) is 16.7 Å². The second-order valence-corrected chi connectivity index (χ2v) is 8.78. The van der Waals surface area contributed by atoms with Gasteiger partial charge in [0.05, 0.1) is 0 Å². The Bertz CT molecular complexity index is 872. The Kier molecular flexibility index (Phi) is 3.49. The lowest BCUT2D eigenvalue weighted by molar-refractivity contribution is 0.134. The standard InChI is InChI=1S/C22H26O4/c1-21(2)14-8-9-22(21,3)20(13-5-7-16(24)18(26)11-13)19(14)12-4-6-15(23)17(25)10-12/h4-7,10-11,14,19-20,23-26H,8-9H2,1-3H3. The van der Waals surface area contributed by atoms with Gasteiger partial charge in [0.2, 0.25) is 0 Å². The summed E-state index contributed by atoms with van der Waals surface area (Å²) in [6.45, 7) is 6.96. The SMILES string of the molecule is CC1(C)C2CCC1(C)C(c1ccc(O)c(O)c1)C2c1ccc(O)c(O)c1. The van der Waals surface area contributed by atoms with Crippen molar-refractivity contribution in [3.63, 3.8) is 0 Å². The summed E-state index contributed by atoms with van der Waals surface area (Å²) in [6, 6.07) is 10.3. The van der Waals surface area contributed by atoms with E-state index in [0.29, 0.717) is 5.92 Å². The third-order valence-corrected chi connectivity index (χ3v) is 7.60. The van der Waals surface area contributed by atoms with Crippen LogP contribution in [0.2, 0.25) is 0 Å². The van der Waals surface area contributed by atoms with Gasteiger partial charge in [0.25, 0.3) is 0 Å². The quantitative estimate of drug-likeness (QED) is 0.582. The number of phenols is 4. The van der Waals surface area contributed by atoms with Gasteiger partial charge in [-0.05, 0) is 76.8 Å². The van der Waals surface area contributed by atoms with Crippen LogP contribution >= 0.6 is 0 Å². The highest BCUT2D eigenvalue weighted by Gasteiger charge is 2.66. The van der Waals surface area contributed by atoms with Gasteiger partial charge in [0, 0.05) is 0 Å². The molecule has 0 amide bonds. The summed E-state index contributed by atoms with van der Waals surface area (Å²) < 4.78 is 0. The minimum atomic E-state index is -0.111. The zero-order valence-corrected chi connectivity index (χ0v) is 15.4. The van der Waals surface area contributed by atoms with E-state index in [-0.39, 0.29) is 45.7 Å². The fourth-order valence-electron chi connectivity index (χ4n) is 5.86. The van der Waals surface area contributed by atoms with Crippen molar-refractivity contribution in [2.75, 3.05) is 0 Å². The first-order chi connectivity index (χ1) is 12.2. The molecule has 0 aromatic heterocycles. The lowest BCUT2D eigenvalue weighted by Crippen LogP contribution is -2.31. The van der Waals surface area contributed by atoms with Gasteiger partial charge in [-0.3, -0.25) is 0 Å². The molecule has 0 radical (unpaired) electrons. The van der Waals surface area contributed by atoms with E-state index in [1.54, 1.807) is 24.3 Å². The van der Waals surface area contributed by atoms with E-state index in [1.165, 1.54) is 0 Å². The molecule has 2 saturated carbocycles. The van der Waals surface area contributed by atoms with Gasteiger partial charge in [0.15, 0.2) is 23.0 Å². The first-order valence-corrected chi connectivity index (χ1v) is 9.20. The molecule has 2 aliphatic rings. The smallest absolute Gasteiger partial charge is 0.157 e. The van der Waals surface area contributed by atoms with Crippen molar-refractivity contribution >= 4 is 0 Å². The van der Waals surface area contributed by atoms with E-state index in [2.05, 4.69) is 20.8 Å². The number of hydrogen-bond donors (Lipinski definition) is 4. The average Bonchev–Trinajstić information content (AvgIpc) is 2.91. The molecule has 0 spiro atoms. The zero-order valence-electron chi connectivity index (χ0n) is 15.4. The van der Waals surface area contributed by atoms with Crippen LogP contribution in [-0.4, -0.2) is 20.4 Å². The molecular formula is C22H26O4. The van der Waals surface area contributed by atoms with E-state index in [0.717, 1.165) is 24.0 Å². The summed E-state index contributed by atoms with van der Waals surface area (Å²) >= 11 is 0. The minimum Gasteiger partial charge on any atom is -0.504 e. The zero-order chi connectivity index (χ0) is 18.9. The predicted octanol–water partition coefficient (Wildman–Crippen LogP) is 4.83. The topological polar surface area (TPSA) is 80.9 Å². The monoisotopic (exact) mass is 354 g/mol. The van der Waals surface area contributed by atoms with E-state index in [4.69, 9.17) is 0 Å². The molecule has 4 nitrogen and oxygen atoms in total. The molecule has 2 bridgehead atoms. The number of aromatic hydroxyl groups is 4. The summed E-state index contributed by atoms with van der Waals surface area (Å²) in [5.74, 6) is 0.365. The number of phenolic OH excluding ortho intramolecular Hbond substituents is 4. The van der Waals surface area contributed by atoms with Crippen LogP contribution in [0.15, 0.2) is 36.4 Å². The lowest BCUT2D eigenvalue weighted by Gasteiger charge is -2.41. The normalized spacial score (nSPS) is 32.0. The van der Waals surface area contributed by atoms with Gasteiger partial charge in [-0.15, -0.1) is 0 Å². The number of benzene rings is 2. The van der Waals surface area contributed by atoms with Gasteiger partial charge >= 0.3 is 0 Å². The Hall–Kier alpha value is -2.36. The highest BCUT2D eigenvalue weighted by Crippen LogP contribution is 2.75. The Balaban J connectivity index is 1.90. The number of rotatable bonds is 2. The fourth-order valence-corrected chi connectivity index (χ4v) is 5.86. The molecule has 26 heavy (non-hydrogen) atoms. The summed E-state index contributed by atoms with van der Waals surface area (Å²) in [6.07, 6.45) is 2.23. The molecule has 0 aliphatic heterocycles. The number of hydrogen-bond acceptors (Lipinski definition) is 4. The predicted molar refractivity (Wildman–Crippen MR) is 99.6 cm³/mol. The molecule has 4 N–H and O–H groups in total. The fraction of sp³-hybridized carbons (Fsp3) is 0.455. The van der Waals surface area contributed by atoms with Gasteiger partial charge in [0.1, 0.15) is 0 Å². The first kappa shape index (κ1) is 17.1. The van der Waals surface area contributed by atoms with Gasteiger partial charge in [-0.25, -0.2) is 0 Å². The molecule has 4 unspecified atom stereocenters. The molecule has 4 atom stereocenters. The maximum Gasteiger partial charge on any atom is 0.157 e. The largest absolute Gasteiger partial charge is 0.504 e. The molecule has 2 aliphatic carbocycles. The van der Waals surface area contributed by atoms with Crippen LogP contribution in [0.25, 0.3) is 0 Å². The average molecular weight is 354 g/mol. The van der Waals surface area contributed by atoms with Crippen molar-refractivity contribution in [1.82, 2.24) is 0 Å². The van der Waals surface area contributed by atoms with Crippen molar-refractivity contribution in [3.05, 3.63) is 47.5 Å². The molecule has 2 aromatic carbocycles. The molecule has 0 saturated heterocycles.